The van der Waals surface area contributed by atoms with Gasteiger partial charge in [0.1, 0.15) is 0 Å². The Morgan fingerprint density at radius 2 is 2.25 bits per heavy atom. The fourth-order valence-electron chi connectivity index (χ4n) is 3.50. The number of thiazole rings is 1. The lowest BCUT2D eigenvalue weighted by Crippen LogP contribution is -2.51. The highest BCUT2D eigenvalue weighted by atomic mass is 32.1. The first kappa shape index (κ1) is 15.9. The van der Waals surface area contributed by atoms with E-state index in [0.29, 0.717) is 0 Å². The van der Waals surface area contributed by atoms with Gasteiger partial charge in [0.2, 0.25) is 0 Å². The molecule has 3 nitrogen and oxygen atoms in total. The highest BCUT2D eigenvalue weighted by molar-refractivity contribution is 7.09. The Kier molecular flexibility index (Phi) is 5.58. The quantitative estimate of drug-likeness (QED) is 0.844. The van der Waals surface area contributed by atoms with Gasteiger partial charge < -0.3 is 5.73 Å². The predicted molar refractivity (Wildman–Crippen MR) is 87.0 cm³/mol. The lowest BCUT2D eigenvalue weighted by Gasteiger charge is -2.40. The molecule has 0 aliphatic heterocycles. The topological polar surface area (TPSA) is 42.1 Å². The molecule has 2 atom stereocenters. The molecule has 1 heterocycles. The molecule has 1 aliphatic carbocycles. The second-order valence-corrected chi connectivity index (χ2v) is 7.41. The second-order valence-electron chi connectivity index (χ2n) is 6.35. The SMILES string of the molecule is CCC1CCCC(CN)(N(C)Cc2csc(C)n2)CC1. The molecule has 0 saturated heterocycles. The van der Waals surface area contributed by atoms with E-state index in [0.717, 1.165) is 24.0 Å². The van der Waals surface area contributed by atoms with Gasteiger partial charge in [-0.3, -0.25) is 4.90 Å². The van der Waals surface area contributed by atoms with Crippen LogP contribution in [0.2, 0.25) is 0 Å². The molecule has 2 unspecified atom stereocenters. The zero-order chi connectivity index (χ0) is 14.6. The number of nitrogens with two attached hydrogens (primary N) is 1. The molecule has 20 heavy (non-hydrogen) atoms. The molecule has 0 aromatic carbocycles. The average molecular weight is 295 g/mol. The molecule has 2 N–H and O–H groups in total. The second kappa shape index (κ2) is 7.01. The third-order valence-electron chi connectivity index (χ3n) is 5.11. The minimum atomic E-state index is 0.182. The molecule has 114 valence electrons. The van der Waals surface area contributed by atoms with Crippen LogP contribution in [-0.2, 0) is 6.54 Å². The van der Waals surface area contributed by atoms with Gasteiger partial charge in [-0.25, -0.2) is 4.98 Å². The van der Waals surface area contributed by atoms with Crippen LogP contribution >= 0.6 is 11.3 Å². The third kappa shape index (κ3) is 3.60. The summed E-state index contributed by atoms with van der Waals surface area (Å²) in [5.41, 5.74) is 7.57. The van der Waals surface area contributed by atoms with Crippen LogP contribution in [0.5, 0.6) is 0 Å². The van der Waals surface area contributed by atoms with Gasteiger partial charge in [0.15, 0.2) is 0 Å². The fourth-order valence-corrected chi connectivity index (χ4v) is 4.11. The van der Waals surface area contributed by atoms with Crippen molar-refractivity contribution in [3.05, 3.63) is 16.1 Å². The van der Waals surface area contributed by atoms with Crippen molar-refractivity contribution in [2.24, 2.45) is 11.7 Å². The van der Waals surface area contributed by atoms with Crippen molar-refractivity contribution in [2.75, 3.05) is 13.6 Å². The molecular weight excluding hydrogens is 266 g/mol. The molecule has 0 radical (unpaired) electrons. The number of rotatable bonds is 5. The van der Waals surface area contributed by atoms with E-state index >= 15 is 0 Å². The molecule has 1 aromatic heterocycles. The van der Waals surface area contributed by atoms with Crippen LogP contribution in [0.15, 0.2) is 5.38 Å². The van der Waals surface area contributed by atoms with Crippen molar-refractivity contribution in [2.45, 2.75) is 64.5 Å². The Morgan fingerprint density at radius 3 is 2.85 bits per heavy atom. The Balaban J connectivity index is 2.05. The summed E-state index contributed by atoms with van der Waals surface area (Å²) < 4.78 is 0. The van der Waals surface area contributed by atoms with Gasteiger partial charge in [-0.1, -0.05) is 26.2 Å². The molecule has 0 amide bonds. The molecule has 4 heteroatoms. The van der Waals surface area contributed by atoms with Gasteiger partial charge in [0.25, 0.3) is 0 Å². The van der Waals surface area contributed by atoms with Gasteiger partial charge in [-0.2, -0.15) is 0 Å². The maximum atomic E-state index is 6.19. The highest BCUT2D eigenvalue weighted by Gasteiger charge is 2.35. The summed E-state index contributed by atoms with van der Waals surface area (Å²) in [6, 6.07) is 0. The fraction of sp³-hybridized carbons (Fsp3) is 0.812. The van der Waals surface area contributed by atoms with Crippen LogP contribution in [-0.4, -0.2) is 29.0 Å². The summed E-state index contributed by atoms with van der Waals surface area (Å²) in [7, 11) is 2.23. The minimum Gasteiger partial charge on any atom is -0.329 e. The van der Waals surface area contributed by atoms with E-state index in [2.05, 4.69) is 36.2 Å². The van der Waals surface area contributed by atoms with Crippen LogP contribution in [0.1, 0.15) is 56.2 Å². The maximum absolute atomic E-state index is 6.19. The predicted octanol–water partition coefficient (Wildman–Crippen LogP) is 3.57. The Labute approximate surface area is 127 Å². The zero-order valence-corrected chi connectivity index (χ0v) is 14.0. The Morgan fingerprint density at radius 1 is 1.45 bits per heavy atom. The van der Waals surface area contributed by atoms with Crippen molar-refractivity contribution in [3.8, 4) is 0 Å². The minimum absolute atomic E-state index is 0.182. The van der Waals surface area contributed by atoms with Crippen molar-refractivity contribution >= 4 is 11.3 Å². The van der Waals surface area contributed by atoms with E-state index in [1.807, 2.05) is 0 Å². The van der Waals surface area contributed by atoms with Gasteiger partial charge in [0.05, 0.1) is 10.7 Å². The van der Waals surface area contributed by atoms with Crippen molar-refractivity contribution in [1.82, 2.24) is 9.88 Å². The van der Waals surface area contributed by atoms with E-state index < -0.39 is 0 Å². The normalized spacial score (nSPS) is 27.8. The van der Waals surface area contributed by atoms with Gasteiger partial charge >= 0.3 is 0 Å². The van der Waals surface area contributed by atoms with E-state index in [9.17, 15) is 0 Å². The van der Waals surface area contributed by atoms with Crippen molar-refractivity contribution < 1.29 is 0 Å². The van der Waals surface area contributed by atoms with Gasteiger partial charge in [0, 0.05) is 24.0 Å². The standard InChI is InChI=1S/C16H29N3S/c1-4-14-6-5-8-16(12-17,9-7-14)19(3)10-15-11-20-13(2)18-15/h11,14H,4-10,12,17H2,1-3H3. The lowest BCUT2D eigenvalue weighted by atomic mass is 9.87. The summed E-state index contributed by atoms with van der Waals surface area (Å²) >= 11 is 1.74. The summed E-state index contributed by atoms with van der Waals surface area (Å²) in [5.74, 6) is 0.901. The van der Waals surface area contributed by atoms with Crippen LogP contribution in [0, 0.1) is 12.8 Å². The Bertz CT molecular complexity index is 418. The van der Waals surface area contributed by atoms with E-state index in [1.54, 1.807) is 11.3 Å². The summed E-state index contributed by atoms with van der Waals surface area (Å²) in [6.07, 6.45) is 7.81. The molecule has 0 bridgehead atoms. The van der Waals surface area contributed by atoms with Crippen LogP contribution < -0.4 is 5.73 Å². The van der Waals surface area contributed by atoms with Crippen LogP contribution in [0.4, 0.5) is 0 Å². The molecule has 1 aliphatic rings. The number of likely N-dealkylation sites (N-methyl/N-ethyl adjacent to an activating group) is 1. The number of aromatic nitrogens is 1. The van der Waals surface area contributed by atoms with Gasteiger partial charge in [-0.15, -0.1) is 11.3 Å². The van der Waals surface area contributed by atoms with Crippen molar-refractivity contribution in [1.29, 1.82) is 0 Å². The van der Waals surface area contributed by atoms with E-state index in [1.165, 1.54) is 44.2 Å². The van der Waals surface area contributed by atoms with Crippen LogP contribution in [0.25, 0.3) is 0 Å². The largest absolute Gasteiger partial charge is 0.329 e. The molecule has 1 fully saturated rings. The number of aryl methyl sites for hydroxylation is 1. The first-order chi connectivity index (χ1) is 9.59. The molecular formula is C16H29N3S. The summed E-state index contributed by atoms with van der Waals surface area (Å²) in [4.78, 5) is 7.07. The smallest absolute Gasteiger partial charge is 0.0897 e. The molecule has 1 saturated carbocycles. The monoisotopic (exact) mass is 295 g/mol. The molecule has 2 rings (SSSR count). The Hall–Kier alpha value is -0.450. The van der Waals surface area contributed by atoms with Crippen molar-refractivity contribution in [3.63, 3.8) is 0 Å². The van der Waals surface area contributed by atoms with Gasteiger partial charge in [-0.05, 0) is 39.2 Å². The summed E-state index contributed by atoms with van der Waals surface area (Å²) in [6.45, 7) is 6.09. The summed E-state index contributed by atoms with van der Waals surface area (Å²) in [5, 5.41) is 3.34. The van der Waals surface area contributed by atoms with E-state index in [4.69, 9.17) is 5.73 Å². The van der Waals surface area contributed by atoms with E-state index in [-0.39, 0.29) is 5.54 Å². The molecule has 0 spiro atoms. The number of nitrogens with zero attached hydrogens (tertiary/aromatic N) is 2. The highest BCUT2D eigenvalue weighted by Crippen LogP contribution is 2.35. The number of hydrogen-bond donors (Lipinski definition) is 1. The maximum Gasteiger partial charge on any atom is 0.0897 e. The third-order valence-corrected chi connectivity index (χ3v) is 5.93. The lowest BCUT2D eigenvalue weighted by molar-refractivity contribution is 0.0972. The first-order valence-electron chi connectivity index (χ1n) is 7.92. The molecule has 1 aromatic rings. The number of hydrogen-bond acceptors (Lipinski definition) is 4. The zero-order valence-electron chi connectivity index (χ0n) is 13.2. The first-order valence-corrected chi connectivity index (χ1v) is 8.80. The average Bonchev–Trinajstić information content (AvgIpc) is 2.74. The van der Waals surface area contributed by atoms with Crippen LogP contribution in [0.3, 0.4) is 0 Å².